The summed E-state index contributed by atoms with van der Waals surface area (Å²) in [5, 5.41) is 2.90. The lowest BCUT2D eigenvalue weighted by Gasteiger charge is -2.22. The summed E-state index contributed by atoms with van der Waals surface area (Å²) in [7, 11) is 0. The van der Waals surface area contributed by atoms with Crippen LogP contribution in [0.1, 0.15) is 47.1 Å². The number of halogens is 3. The van der Waals surface area contributed by atoms with Crippen LogP contribution in [-0.2, 0) is 9.53 Å². The van der Waals surface area contributed by atoms with E-state index in [2.05, 4.69) is 10.3 Å². The van der Waals surface area contributed by atoms with Crippen LogP contribution in [0, 0.1) is 23.4 Å². The quantitative estimate of drug-likeness (QED) is 0.508. The number of ether oxygens (including phenoxy) is 1. The van der Waals surface area contributed by atoms with E-state index in [0.717, 1.165) is 44.6 Å². The minimum absolute atomic E-state index is 0. The minimum atomic E-state index is -0.632. The summed E-state index contributed by atoms with van der Waals surface area (Å²) in [5.41, 5.74) is -0.548. The maximum absolute atomic E-state index is 13.6. The molecule has 0 saturated carbocycles. The highest BCUT2D eigenvalue weighted by Crippen LogP contribution is 2.21. The van der Waals surface area contributed by atoms with Gasteiger partial charge in [-0.25, -0.2) is 18.0 Å². The Morgan fingerprint density at radius 1 is 1.09 bits per heavy atom. The van der Waals surface area contributed by atoms with Gasteiger partial charge >= 0.3 is 5.69 Å². The fraction of sp³-hybridized carbons (Fsp3) is 0.375. The van der Waals surface area contributed by atoms with E-state index in [1.807, 2.05) is 4.98 Å². The molecule has 1 saturated heterocycles. The van der Waals surface area contributed by atoms with Crippen molar-refractivity contribution in [3.05, 3.63) is 80.3 Å². The van der Waals surface area contributed by atoms with E-state index < -0.39 is 34.7 Å². The Balaban J connectivity index is 0.000000374. The number of aromatic nitrogens is 2. The topological polar surface area (TPSA) is 104 Å². The van der Waals surface area contributed by atoms with Gasteiger partial charge in [0.05, 0.1) is 16.9 Å². The van der Waals surface area contributed by atoms with Crippen LogP contribution >= 0.6 is 0 Å². The summed E-state index contributed by atoms with van der Waals surface area (Å²) in [4.78, 5) is 38.2. The average molecular weight is 482 g/mol. The number of carbonyl (C=O) groups is 1. The molecule has 1 aromatic heterocycles. The zero-order valence-corrected chi connectivity index (χ0v) is 18.6. The summed E-state index contributed by atoms with van der Waals surface area (Å²) in [6, 6.07) is 6.54. The fourth-order valence-corrected chi connectivity index (χ4v) is 3.75. The van der Waals surface area contributed by atoms with Gasteiger partial charge in [0.2, 0.25) is 5.91 Å². The van der Waals surface area contributed by atoms with Crippen LogP contribution in [0.25, 0.3) is 10.9 Å². The first-order valence-electron chi connectivity index (χ1n) is 11.0. The van der Waals surface area contributed by atoms with Gasteiger partial charge in [0, 0.05) is 34.1 Å². The number of hydrogen-bond donors (Lipinski definition) is 3. The molecular formula is C24H30F3N3O4. The summed E-state index contributed by atoms with van der Waals surface area (Å²) >= 11 is 0. The van der Waals surface area contributed by atoms with E-state index in [1.54, 1.807) is 6.92 Å². The van der Waals surface area contributed by atoms with E-state index in [0.29, 0.717) is 23.4 Å². The van der Waals surface area contributed by atoms with Gasteiger partial charge in [-0.15, -0.1) is 0 Å². The van der Waals surface area contributed by atoms with Crippen LogP contribution in [-0.4, -0.2) is 29.1 Å². The summed E-state index contributed by atoms with van der Waals surface area (Å²) in [6.07, 6.45) is 3.25. The Morgan fingerprint density at radius 2 is 1.76 bits per heavy atom. The van der Waals surface area contributed by atoms with Crippen molar-refractivity contribution in [2.45, 2.75) is 38.6 Å². The average Bonchev–Trinajstić information content (AvgIpc) is 2.79. The van der Waals surface area contributed by atoms with Crippen molar-refractivity contribution in [3.8, 4) is 0 Å². The van der Waals surface area contributed by atoms with Gasteiger partial charge in [0.1, 0.15) is 17.5 Å². The predicted molar refractivity (Wildman–Crippen MR) is 125 cm³/mol. The molecule has 2 heterocycles. The lowest BCUT2D eigenvalue weighted by atomic mass is 9.94. The molecule has 4 rings (SSSR count). The lowest BCUT2D eigenvalue weighted by Crippen LogP contribution is -2.28. The van der Waals surface area contributed by atoms with Crippen molar-refractivity contribution in [1.29, 1.82) is 0 Å². The molecule has 7 nitrogen and oxygen atoms in total. The number of benzene rings is 2. The molecule has 1 aliphatic heterocycles. The highest BCUT2D eigenvalue weighted by atomic mass is 19.1. The second kappa shape index (κ2) is 11.6. The Morgan fingerprint density at radius 3 is 2.47 bits per heavy atom. The molecule has 0 radical (unpaired) electrons. The molecular weight excluding hydrogens is 451 g/mol. The first-order chi connectivity index (χ1) is 16.2. The van der Waals surface area contributed by atoms with Crippen LogP contribution in [0.2, 0.25) is 0 Å². The van der Waals surface area contributed by atoms with E-state index in [1.165, 1.54) is 24.3 Å². The van der Waals surface area contributed by atoms with E-state index in [4.69, 9.17) is 4.74 Å². The molecule has 1 fully saturated rings. The van der Waals surface area contributed by atoms with Crippen molar-refractivity contribution in [2.75, 3.05) is 13.2 Å². The minimum Gasteiger partial charge on any atom is -0.381 e. The number of hydrogen-bond acceptors (Lipinski definition) is 4. The van der Waals surface area contributed by atoms with Crippen LogP contribution in [0.3, 0.4) is 0 Å². The number of H-pyrrole nitrogens is 2. The van der Waals surface area contributed by atoms with Crippen molar-refractivity contribution < 1.29 is 25.6 Å². The second-order valence-electron chi connectivity index (χ2n) is 8.15. The first-order valence-corrected chi connectivity index (χ1v) is 11.0. The summed E-state index contributed by atoms with van der Waals surface area (Å²) in [6.45, 7) is 3.23. The molecule has 0 bridgehead atoms. The van der Waals surface area contributed by atoms with Crippen LogP contribution in [0.15, 0.2) is 46.0 Å². The van der Waals surface area contributed by atoms with Gasteiger partial charge in [-0.1, -0.05) is 6.07 Å². The molecule has 186 valence electrons. The van der Waals surface area contributed by atoms with Crippen molar-refractivity contribution in [2.24, 2.45) is 5.92 Å². The lowest BCUT2D eigenvalue weighted by molar-refractivity contribution is -0.122. The fourth-order valence-electron chi connectivity index (χ4n) is 3.75. The monoisotopic (exact) mass is 481 g/mol. The van der Waals surface area contributed by atoms with Crippen molar-refractivity contribution in [1.82, 2.24) is 15.3 Å². The highest BCUT2D eigenvalue weighted by molar-refractivity contribution is 5.77. The molecule has 0 aliphatic carbocycles. The van der Waals surface area contributed by atoms with E-state index in [-0.39, 0.29) is 14.1 Å². The summed E-state index contributed by atoms with van der Waals surface area (Å²) < 4.78 is 44.4. The molecule has 10 heteroatoms. The number of fused-ring (bicyclic) bond motifs is 1. The van der Waals surface area contributed by atoms with Crippen LogP contribution in [0.5, 0.6) is 0 Å². The number of rotatable bonds is 5. The molecule has 2 aromatic carbocycles. The van der Waals surface area contributed by atoms with Gasteiger partial charge in [0.25, 0.3) is 5.56 Å². The number of aromatic amines is 2. The molecule has 1 amide bonds. The predicted octanol–water partition coefficient (Wildman–Crippen LogP) is 4.20. The summed E-state index contributed by atoms with van der Waals surface area (Å²) in [5.74, 6) is -1.33. The van der Waals surface area contributed by atoms with Crippen LogP contribution < -0.4 is 16.6 Å². The number of nitrogens with one attached hydrogen (secondary N) is 3. The zero-order chi connectivity index (χ0) is 24.7. The van der Waals surface area contributed by atoms with Crippen molar-refractivity contribution >= 4 is 16.8 Å². The molecule has 0 spiro atoms. The third-order valence-electron chi connectivity index (χ3n) is 5.63. The number of amides is 1. The van der Waals surface area contributed by atoms with E-state index in [9.17, 15) is 27.6 Å². The molecule has 1 atom stereocenters. The van der Waals surface area contributed by atoms with Crippen molar-refractivity contribution in [3.63, 3.8) is 0 Å². The standard InChI is InChI=1S/C16H21F2NO2.C8H5FN2O2.2H2/c1-11(14-4-3-13(17)10-15(14)18)19-16(20)5-2-12-6-8-21-9-7-12;9-4-1-2-6-5(3-4)7(12)11-8(13)10-6;;/h3-4,10-12H,2,5-9H2,1H3,(H,19,20);1-3H,(H2,10,11,12,13);2*1H/t11-;;;/m0.../s1. The molecule has 34 heavy (non-hydrogen) atoms. The maximum atomic E-state index is 13.6. The first kappa shape index (κ1) is 25.2. The Labute approximate surface area is 196 Å². The molecule has 3 aromatic rings. The van der Waals surface area contributed by atoms with E-state index >= 15 is 0 Å². The highest BCUT2D eigenvalue weighted by Gasteiger charge is 2.17. The zero-order valence-electron chi connectivity index (χ0n) is 18.6. The molecule has 3 N–H and O–H groups in total. The molecule has 1 aliphatic rings. The number of carbonyl (C=O) groups excluding carboxylic acids is 1. The maximum Gasteiger partial charge on any atom is 0.326 e. The smallest absolute Gasteiger partial charge is 0.326 e. The molecule has 0 unspecified atom stereocenters. The van der Waals surface area contributed by atoms with Gasteiger partial charge in [-0.3, -0.25) is 14.6 Å². The van der Waals surface area contributed by atoms with Gasteiger partial charge in [-0.2, -0.15) is 0 Å². The van der Waals surface area contributed by atoms with Gasteiger partial charge in [0.15, 0.2) is 0 Å². The second-order valence-corrected chi connectivity index (χ2v) is 8.15. The SMILES string of the molecule is C[C@H](NC(=O)CCC1CCOCC1)c1ccc(F)cc1F.O=c1[nH]c(=O)c2cc(F)ccc2[nH]1.[HH].[HH]. The Hall–Kier alpha value is -3.40. The van der Waals surface area contributed by atoms with Gasteiger partial charge < -0.3 is 15.0 Å². The largest absolute Gasteiger partial charge is 0.381 e. The van der Waals surface area contributed by atoms with Crippen LogP contribution in [0.4, 0.5) is 13.2 Å². The Kier molecular flexibility index (Phi) is 8.64. The third kappa shape index (κ3) is 7.05. The normalized spacial score (nSPS) is 14.8. The third-order valence-corrected chi connectivity index (χ3v) is 5.63. The van der Waals surface area contributed by atoms with Gasteiger partial charge in [-0.05, 0) is 56.4 Å². The Bertz CT molecular complexity index is 1260.